The molecule has 3 rings (SSSR count). The van der Waals surface area contributed by atoms with Crippen molar-refractivity contribution in [3.05, 3.63) is 59.8 Å². The molecule has 0 saturated heterocycles. The first-order chi connectivity index (χ1) is 9.69. The number of hydrogen-bond acceptors (Lipinski definition) is 2. The number of nitrogen functional groups attached to an aromatic ring is 1. The molecule has 0 saturated carbocycles. The molecule has 0 bridgehead atoms. The summed E-state index contributed by atoms with van der Waals surface area (Å²) in [4.78, 5) is 0. The average molecular weight is 266 g/mol. The van der Waals surface area contributed by atoms with Crippen LogP contribution in [0.5, 0.6) is 5.75 Å². The second-order valence-electron chi connectivity index (χ2n) is 5.04. The van der Waals surface area contributed by atoms with Gasteiger partial charge in [0.1, 0.15) is 5.75 Å². The highest BCUT2D eigenvalue weighted by Gasteiger charge is 2.07. The Balaban J connectivity index is 2.06. The molecule has 0 aliphatic carbocycles. The van der Waals surface area contributed by atoms with Crippen LogP contribution in [0.1, 0.15) is 11.1 Å². The van der Waals surface area contributed by atoms with Gasteiger partial charge in [-0.3, -0.25) is 0 Å². The van der Waals surface area contributed by atoms with Gasteiger partial charge in [0.15, 0.2) is 0 Å². The zero-order valence-electron chi connectivity index (χ0n) is 11.8. The summed E-state index contributed by atoms with van der Waals surface area (Å²) in [5.74, 6) is 0.918. The van der Waals surface area contributed by atoms with Crippen molar-refractivity contribution in [2.75, 3.05) is 12.8 Å². The van der Waals surface area contributed by atoms with Gasteiger partial charge in [0.05, 0.1) is 19.2 Å². The van der Waals surface area contributed by atoms with E-state index in [1.54, 1.807) is 7.11 Å². The SMILES string of the molecule is COc1ccc(C)cc1Cn1ccc2c(N)cccc21. The largest absolute Gasteiger partial charge is 0.496 e. The number of anilines is 1. The third kappa shape index (κ3) is 2.11. The minimum absolute atomic E-state index is 0.776. The topological polar surface area (TPSA) is 40.2 Å². The molecular weight excluding hydrogens is 248 g/mol. The molecule has 0 unspecified atom stereocenters. The number of hydrogen-bond donors (Lipinski definition) is 1. The molecule has 2 N–H and O–H groups in total. The van der Waals surface area contributed by atoms with Gasteiger partial charge in [-0.25, -0.2) is 0 Å². The van der Waals surface area contributed by atoms with Crippen LogP contribution in [0.3, 0.4) is 0 Å². The zero-order chi connectivity index (χ0) is 14.1. The number of fused-ring (bicyclic) bond motifs is 1. The van der Waals surface area contributed by atoms with E-state index in [9.17, 15) is 0 Å². The van der Waals surface area contributed by atoms with E-state index in [1.165, 1.54) is 11.1 Å². The van der Waals surface area contributed by atoms with Crippen molar-refractivity contribution in [2.24, 2.45) is 0 Å². The van der Waals surface area contributed by atoms with Crippen molar-refractivity contribution in [2.45, 2.75) is 13.5 Å². The van der Waals surface area contributed by atoms with E-state index >= 15 is 0 Å². The van der Waals surface area contributed by atoms with Crippen LogP contribution >= 0.6 is 0 Å². The Morgan fingerprint density at radius 3 is 2.80 bits per heavy atom. The van der Waals surface area contributed by atoms with Gasteiger partial charge in [-0.1, -0.05) is 23.8 Å². The monoisotopic (exact) mass is 266 g/mol. The molecule has 3 nitrogen and oxygen atoms in total. The first-order valence-electron chi connectivity index (χ1n) is 6.66. The lowest BCUT2D eigenvalue weighted by molar-refractivity contribution is 0.408. The predicted octanol–water partition coefficient (Wildman–Crippen LogP) is 3.59. The molecule has 20 heavy (non-hydrogen) atoms. The molecule has 1 heterocycles. The average Bonchev–Trinajstić information content (AvgIpc) is 2.84. The zero-order valence-corrected chi connectivity index (χ0v) is 11.8. The van der Waals surface area contributed by atoms with Crippen LogP contribution in [-0.2, 0) is 6.54 Å². The molecule has 102 valence electrons. The van der Waals surface area contributed by atoms with Crippen LogP contribution in [0.15, 0.2) is 48.7 Å². The van der Waals surface area contributed by atoms with E-state index < -0.39 is 0 Å². The Morgan fingerprint density at radius 1 is 1.15 bits per heavy atom. The third-order valence-electron chi connectivity index (χ3n) is 3.62. The minimum Gasteiger partial charge on any atom is -0.496 e. The van der Waals surface area contributed by atoms with Gasteiger partial charge in [-0.15, -0.1) is 0 Å². The van der Waals surface area contributed by atoms with Crippen molar-refractivity contribution in [3.63, 3.8) is 0 Å². The Morgan fingerprint density at radius 2 is 2.00 bits per heavy atom. The second kappa shape index (κ2) is 4.93. The van der Waals surface area contributed by atoms with E-state index in [-0.39, 0.29) is 0 Å². The summed E-state index contributed by atoms with van der Waals surface area (Å²) < 4.78 is 7.64. The van der Waals surface area contributed by atoms with Gasteiger partial charge in [-0.05, 0) is 31.2 Å². The molecule has 0 atom stereocenters. The summed E-state index contributed by atoms with van der Waals surface area (Å²) in [5, 5.41) is 1.10. The highest BCUT2D eigenvalue weighted by molar-refractivity contribution is 5.91. The molecule has 2 aromatic carbocycles. The predicted molar refractivity (Wildman–Crippen MR) is 83.2 cm³/mol. The maximum atomic E-state index is 6.01. The van der Waals surface area contributed by atoms with E-state index in [2.05, 4.69) is 42.0 Å². The number of methoxy groups -OCH3 is 1. The van der Waals surface area contributed by atoms with Gasteiger partial charge in [0.25, 0.3) is 0 Å². The Labute approximate surface area is 118 Å². The first-order valence-corrected chi connectivity index (χ1v) is 6.66. The standard InChI is InChI=1S/C17H18N2O/c1-12-6-7-17(20-2)13(10-12)11-19-9-8-14-15(18)4-3-5-16(14)19/h3-10H,11,18H2,1-2H3. The molecule has 0 fully saturated rings. The number of aromatic nitrogens is 1. The van der Waals surface area contributed by atoms with Crippen LogP contribution < -0.4 is 10.5 Å². The lowest BCUT2D eigenvalue weighted by Crippen LogP contribution is -2.01. The smallest absolute Gasteiger partial charge is 0.123 e. The Hall–Kier alpha value is -2.42. The van der Waals surface area contributed by atoms with Crippen molar-refractivity contribution in [1.29, 1.82) is 0 Å². The second-order valence-corrected chi connectivity index (χ2v) is 5.04. The van der Waals surface area contributed by atoms with E-state index in [0.29, 0.717) is 0 Å². The maximum absolute atomic E-state index is 6.01. The van der Waals surface area contributed by atoms with Gasteiger partial charge in [0.2, 0.25) is 0 Å². The minimum atomic E-state index is 0.776. The lowest BCUT2D eigenvalue weighted by Gasteiger charge is -2.11. The lowest BCUT2D eigenvalue weighted by atomic mass is 10.1. The summed E-state index contributed by atoms with van der Waals surface area (Å²) >= 11 is 0. The number of benzene rings is 2. The highest BCUT2D eigenvalue weighted by atomic mass is 16.5. The molecule has 0 spiro atoms. The van der Waals surface area contributed by atoms with Gasteiger partial charge in [-0.2, -0.15) is 0 Å². The van der Waals surface area contributed by atoms with E-state index in [4.69, 9.17) is 10.5 Å². The van der Waals surface area contributed by atoms with Crippen molar-refractivity contribution in [3.8, 4) is 5.75 Å². The summed E-state index contributed by atoms with van der Waals surface area (Å²) in [6, 6.07) is 14.3. The van der Waals surface area contributed by atoms with Crippen LogP contribution in [0.2, 0.25) is 0 Å². The molecule has 1 aromatic heterocycles. The van der Waals surface area contributed by atoms with Crippen LogP contribution in [-0.4, -0.2) is 11.7 Å². The normalized spacial score (nSPS) is 10.9. The Bertz CT molecular complexity index is 759. The Kier molecular flexibility index (Phi) is 3.11. The fraction of sp³-hybridized carbons (Fsp3) is 0.176. The molecule has 0 radical (unpaired) electrons. The first kappa shape index (κ1) is 12.6. The molecule has 3 aromatic rings. The molecule has 0 amide bonds. The fourth-order valence-corrected chi connectivity index (χ4v) is 2.60. The number of aryl methyl sites for hydroxylation is 1. The fourth-order valence-electron chi connectivity index (χ4n) is 2.60. The summed E-state index contributed by atoms with van der Waals surface area (Å²) in [7, 11) is 1.71. The van der Waals surface area contributed by atoms with Crippen LogP contribution in [0.4, 0.5) is 5.69 Å². The highest BCUT2D eigenvalue weighted by Crippen LogP contribution is 2.26. The number of rotatable bonds is 3. The molecule has 0 aliphatic rings. The van der Waals surface area contributed by atoms with Crippen molar-refractivity contribution in [1.82, 2.24) is 4.57 Å². The summed E-state index contributed by atoms with van der Waals surface area (Å²) in [6.45, 7) is 2.87. The van der Waals surface area contributed by atoms with Gasteiger partial charge < -0.3 is 15.0 Å². The maximum Gasteiger partial charge on any atom is 0.123 e. The van der Waals surface area contributed by atoms with Gasteiger partial charge >= 0.3 is 0 Å². The summed E-state index contributed by atoms with van der Waals surface area (Å²) in [5.41, 5.74) is 10.4. The molecular formula is C17H18N2O. The number of nitrogens with two attached hydrogens (primary N) is 1. The quantitative estimate of drug-likeness (QED) is 0.736. The van der Waals surface area contributed by atoms with E-state index in [1.807, 2.05) is 18.2 Å². The number of ether oxygens (including phenoxy) is 1. The number of nitrogens with zero attached hydrogens (tertiary/aromatic N) is 1. The van der Waals surface area contributed by atoms with Crippen molar-refractivity contribution < 1.29 is 4.74 Å². The summed E-state index contributed by atoms with van der Waals surface area (Å²) in [6.07, 6.45) is 2.07. The van der Waals surface area contributed by atoms with Crippen molar-refractivity contribution >= 4 is 16.6 Å². The van der Waals surface area contributed by atoms with Crippen LogP contribution in [0, 0.1) is 6.92 Å². The molecule has 0 aliphatic heterocycles. The van der Waals surface area contributed by atoms with E-state index in [0.717, 1.165) is 28.9 Å². The van der Waals surface area contributed by atoms with Gasteiger partial charge in [0, 0.05) is 22.8 Å². The third-order valence-corrected chi connectivity index (χ3v) is 3.62. The molecule has 3 heteroatoms. The van der Waals surface area contributed by atoms with Crippen LogP contribution in [0.25, 0.3) is 10.9 Å².